The Morgan fingerprint density at radius 1 is 1.20 bits per heavy atom. The van der Waals surface area contributed by atoms with Crippen LogP contribution in [-0.4, -0.2) is 74.2 Å². The number of nitrogens with zero attached hydrogens (tertiary/aromatic N) is 3. The Bertz CT molecular complexity index is 548. The predicted molar refractivity (Wildman–Crippen MR) is 95.8 cm³/mol. The lowest BCUT2D eigenvalue weighted by molar-refractivity contribution is 0.0779. The molecule has 0 aromatic carbocycles. The largest absolute Gasteiger partial charge is 0.481 e. The number of pyridine rings is 1. The van der Waals surface area contributed by atoms with Gasteiger partial charge in [0.25, 0.3) is 5.91 Å². The van der Waals surface area contributed by atoms with Crippen molar-refractivity contribution >= 4 is 5.91 Å². The molecule has 6 nitrogen and oxygen atoms in total. The molecule has 0 saturated carbocycles. The highest BCUT2D eigenvalue weighted by Gasteiger charge is 2.37. The van der Waals surface area contributed by atoms with Crippen LogP contribution in [0.3, 0.4) is 0 Å². The molecule has 0 unspecified atom stereocenters. The maximum atomic E-state index is 12.7. The molecule has 0 bridgehead atoms. The van der Waals surface area contributed by atoms with Crippen LogP contribution in [0.4, 0.5) is 0 Å². The molecule has 0 aliphatic carbocycles. The van der Waals surface area contributed by atoms with Gasteiger partial charge in [-0.2, -0.15) is 0 Å². The van der Waals surface area contributed by atoms with Crippen molar-refractivity contribution in [2.75, 3.05) is 53.6 Å². The molecular weight excluding hydrogens is 318 g/mol. The van der Waals surface area contributed by atoms with E-state index in [4.69, 9.17) is 9.47 Å². The van der Waals surface area contributed by atoms with Crippen molar-refractivity contribution in [1.29, 1.82) is 0 Å². The quantitative estimate of drug-likeness (QED) is 0.736. The van der Waals surface area contributed by atoms with Crippen molar-refractivity contribution in [3.05, 3.63) is 23.9 Å². The van der Waals surface area contributed by atoms with Gasteiger partial charge in [0.1, 0.15) is 0 Å². The van der Waals surface area contributed by atoms with E-state index in [0.717, 1.165) is 45.8 Å². The highest BCUT2D eigenvalue weighted by Crippen LogP contribution is 2.32. The Labute approximate surface area is 150 Å². The van der Waals surface area contributed by atoms with Crippen LogP contribution in [0.5, 0.6) is 5.88 Å². The highest BCUT2D eigenvalue weighted by molar-refractivity contribution is 5.94. The number of ether oxygens (including phenoxy) is 2. The third-order valence-electron chi connectivity index (χ3n) is 5.51. The van der Waals surface area contributed by atoms with Crippen molar-refractivity contribution in [2.24, 2.45) is 11.8 Å². The molecule has 2 aliphatic heterocycles. The zero-order valence-corrected chi connectivity index (χ0v) is 15.3. The van der Waals surface area contributed by atoms with Gasteiger partial charge in [-0.05, 0) is 50.3 Å². The summed E-state index contributed by atoms with van der Waals surface area (Å²) in [6.07, 6.45) is 5.08. The highest BCUT2D eigenvalue weighted by atomic mass is 16.5. The first kappa shape index (κ1) is 18.1. The van der Waals surface area contributed by atoms with Crippen LogP contribution in [0.1, 0.15) is 29.6 Å². The smallest absolute Gasteiger partial charge is 0.255 e. The first-order valence-electron chi connectivity index (χ1n) is 9.22. The Kier molecular flexibility index (Phi) is 6.26. The lowest BCUT2D eigenvalue weighted by Crippen LogP contribution is -2.31. The maximum Gasteiger partial charge on any atom is 0.255 e. The third kappa shape index (κ3) is 4.50. The summed E-state index contributed by atoms with van der Waals surface area (Å²) >= 11 is 0. The molecule has 2 atom stereocenters. The minimum Gasteiger partial charge on any atom is -0.481 e. The predicted octanol–water partition coefficient (Wildman–Crippen LogP) is 1.91. The molecule has 0 spiro atoms. The molecule has 2 aliphatic rings. The van der Waals surface area contributed by atoms with Crippen molar-refractivity contribution in [1.82, 2.24) is 14.8 Å². The van der Waals surface area contributed by atoms with Gasteiger partial charge in [-0.25, -0.2) is 4.98 Å². The molecule has 2 saturated heterocycles. The average molecular weight is 347 g/mol. The number of hydrogen-bond acceptors (Lipinski definition) is 5. The third-order valence-corrected chi connectivity index (χ3v) is 5.51. The van der Waals surface area contributed by atoms with E-state index in [1.54, 1.807) is 32.5 Å². The summed E-state index contributed by atoms with van der Waals surface area (Å²) in [5.41, 5.74) is 0.651. The Morgan fingerprint density at radius 2 is 1.92 bits per heavy atom. The molecule has 1 aromatic rings. The Balaban J connectivity index is 1.53. The Morgan fingerprint density at radius 3 is 2.48 bits per heavy atom. The monoisotopic (exact) mass is 347 g/mol. The van der Waals surface area contributed by atoms with Crippen LogP contribution in [-0.2, 0) is 4.74 Å². The van der Waals surface area contributed by atoms with Crippen molar-refractivity contribution in [3.8, 4) is 5.88 Å². The van der Waals surface area contributed by atoms with E-state index in [9.17, 15) is 4.79 Å². The van der Waals surface area contributed by atoms with E-state index in [0.29, 0.717) is 23.3 Å². The SMILES string of the molecule is COCCCN1CC[C@@H]2CN(C(=O)c3ccc(OC)nc3)C[C@@H]2CC1. The first-order valence-corrected chi connectivity index (χ1v) is 9.22. The van der Waals surface area contributed by atoms with Crippen molar-refractivity contribution in [2.45, 2.75) is 19.3 Å². The number of amides is 1. The van der Waals surface area contributed by atoms with Gasteiger partial charge < -0.3 is 19.3 Å². The number of methoxy groups -OCH3 is 2. The Hall–Kier alpha value is -1.66. The minimum absolute atomic E-state index is 0.0974. The summed E-state index contributed by atoms with van der Waals surface area (Å²) < 4.78 is 10.2. The van der Waals surface area contributed by atoms with E-state index >= 15 is 0 Å². The van der Waals surface area contributed by atoms with E-state index in [1.165, 1.54) is 12.8 Å². The molecule has 3 heterocycles. The second-order valence-corrected chi connectivity index (χ2v) is 7.08. The number of aromatic nitrogens is 1. The first-order chi connectivity index (χ1) is 12.2. The van der Waals surface area contributed by atoms with Crippen LogP contribution in [0.2, 0.25) is 0 Å². The van der Waals surface area contributed by atoms with Crippen LogP contribution >= 0.6 is 0 Å². The van der Waals surface area contributed by atoms with Crippen LogP contribution in [0, 0.1) is 11.8 Å². The van der Waals surface area contributed by atoms with Gasteiger partial charge in [-0.3, -0.25) is 4.79 Å². The zero-order valence-electron chi connectivity index (χ0n) is 15.3. The summed E-state index contributed by atoms with van der Waals surface area (Å²) in [7, 11) is 3.34. The second kappa shape index (κ2) is 8.63. The second-order valence-electron chi connectivity index (χ2n) is 7.08. The van der Waals surface area contributed by atoms with Crippen LogP contribution in [0.15, 0.2) is 18.3 Å². The minimum atomic E-state index is 0.0974. The molecule has 138 valence electrons. The fourth-order valence-electron chi connectivity index (χ4n) is 4.03. The summed E-state index contributed by atoms with van der Waals surface area (Å²) in [6, 6.07) is 3.55. The summed E-state index contributed by atoms with van der Waals surface area (Å²) in [6.45, 7) is 5.98. The lowest BCUT2D eigenvalue weighted by Gasteiger charge is -2.21. The van der Waals surface area contributed by atoms with E-state index in [1.807, 2.05) is 4.90 Å². The van der Waals surface area contributed by atoms with Crippen LogP contribution < -0.4 is 4.74 Å². The van der Waals surface area contributed by atoms with Crippen molar-refractivity contribution in [3.63, 3.8) is 0 Å². The fourth-order valence-corrected chi connectivity index (χ4v) is 4.03. The topological polar surface area (TPSA) is 54.9 Å². The zero-order chi connectivity index (χ0) is 17.6. The molecule has 3 rings (SSSR count). The van der Waals surface area contributed by atoms with E-state index < -0.39 is 0 Å². The summed E-state index contributed by atoms with van der Waals surface area (Å²) in [4.78, 5) is 21.5. The molecule has 0 radical (unpaired) electrons. The molecule has 1 amide bonds. The maximum absolute atomic E-state index is 12.7. The number of carbonyl (C=O) groups excluding carboxylic acids is 1. The van der Waals surface area contributed by atoms with E-state index in [-0.39, 0.29) is 5.91 Å². The molecule has 25 heavy (non-hydrogen) atoms. The van der Waals surface area contributed by atoms with Gasteiger partial charge in [0.2, 0.25) is 5.88 Å². The van der Waals surface area contributed by atoms with Crippen LogP contribution in [0.25, 0.3) is 0 Å². The van der Waals surface area contributed by atoms with E-state index in [2.05, 4.69) is 9.88 Å². The molecule has 2 fully saturated rings. The van der Waals surface area contributed by atoms with Gasteiger partial charge in [-0.15, -0.1) is 0 Å². The average Bonchev–Trinajstić information content (AvgIpc) is 2.97. The number of rotatable bonds is 6. The molecule has 1 aromatic heterocycles. The van der Waals surface area contributed by atoms with Gasteiger partial charge in [0.05, 0.1) is 12.7 Å². The molecule has 0 N–H and O–H groups in total. The van der Waals surface area contributed by atoms with Gasteiger partial charge in [-0.1, -0.05) is 0 Å². The summed E-state index contributed by atoms with van der Waals surface area (Å²) in [5.74, 6) is 1.89. The summed E-state index contributed by atoms with van der Waals surface area (Å²) in [5, 5.41) is 0. The normalized spacial score (nSPS) is 24.0. The number of hydrogen-bond donors (Lipinski definition) is 0. The fraction of sp³-hybridized carbons (Fsp3) is 0.684. The van der Waals surface area contributed by atoms with Gasteiger partial charge in [0.15, 0.2) is 0 Å². The van der Waals surface area contributed by atoms with Crippen molar-refractivity contribution < 1.29 is 14.3 Å². The van der Waals surface area contributed by atoms with Gasteiger partial charge in [0, 0.05) is 45.6 Å². The lowest BCUT2D eigenvalue weighted by atomic mass is 9.92. The van der Waals surface area contributed by atoms with Gasteiger partial charge >= 0.3 is 0 Å². The molecular formula is C19H29N3O3. The molecule has 6 heteroatoms. The standard InChI is InChI=1S/C19H29N3O3/c1-24-11-3-8-21-9-6-16-13-22(14-17(16)7-10-21)19(23)15-4-5-18(25-2)20-12-15/h4-5,12,16-17H,3,6-11,13-14H2,1-2H3/t16-,17+. The number of fused-ring (bicyclic) bond motifs is 1. The number of likely N-dealkylation sites (tertiary alicyclic amines) is 2. The number of carbonyl (C=O) groups is 1.